The minimum atomic E-state index is -0.394. The van der Waals surface area contributed by atoms with Crippen molar-refractivity contribution in [2.24, 2.45) is 5.73 Å². The maximum Gasteiger partial charge on any atom is 0.231 e. The van der Waals surface area contributed by atoms with E-state index in [1.807, 2.05) is 29.2 Å². The van der Waals surface area contributed by atoms with E-state index in [-0.39, 0.29) is 18.9 Å². The third-order valence-electron chi connectivity index (χ3n) is 3.47. The fourth-order valence-electron chi connectivity index (χ4n) is 2.16. The number of rotatable bonds is 9. The summed E-state index contributed by atoms with van der Waals surface area (Å²) >= 11 is 0. The summed E-state index contributed by atoms with van der Waals surface area (Å²) in [7, 11) is 0. The van der Waals surface area contributed by atoms with Crippen molar-refractivity contribution in [3.05, 3.63) is 35.4 Å². The number of nitrogens with two attached hydrogens (primary N) is 1. The number of unbranched alkanes of at least 4 members (excludes halogenated alkanes) is 1. The summed E-state index contributed by atoms with van der Waals surface area (Å²) in [6, 6.07) is 7.70. The second kappa shape index (κ2) is 8.57. The molecule has 0 unspecified atom stereocenters. The van der Waals surface area contributed by atoms with Crippen LogP contribution in [0.1, 0.15) is 55.5 Å². The molecule has 1 rings (SSSR count). The van der Waals surface area contributed by atoms with Crippen molar-refractivity contribution in [3.63, 3.8) is 0 Å². The first-order chi connectivity index (χ1) is 9.93. The third kappa shape index (κ3) is 6.08. The molecule has 0 saturated heterocycles. The van der Waals surface area contributed by atoms with E-state index in [4.69, 9.17) is 5.73 Å². The highest BCUT2D eigenvalue weighted by Crippen LogP contribution is 2.15. The largest absolute Gasteiger partial charge is 0.369 e. The number of hydrogen-bond acceptors (Lipinski definition) is 3. The van der Waals surface area contributed by atoms with Gasteiger partial charge < -0.3 is 5.73 Å². The summed E-state index contributed by atoms with van der Waals surface area (Å²) in [5.74, 6) is 0.0850. The van der Waals surface area contributed by atoms with Crippen molar-refractivity contribution in [1.82, 2.24) is 4.90 Å². The highest BCUT2D eigenvalue weighted by molar-refractivity contribution is 5.97. The van der Waals surface area contributed by atoms with E-state index in [9.17, 15) is 9.59 Å². The number of carbonyl (C=O) groups excluding carboxylic acids is 2. The number of amides is 1. The maximum absolute atomic E-state index is 12.3. The van der Waals surface area contributed by atoms with Crippen LogP contribution < -0.4 is 5.73 Å². The van der Waals surface area contributed by atoms with Crippen LogP contribution in [0.5, 0.6) is 0 Å². The van der Waals surface area contributed by atoms with E-state index in [0.717, 1.165) is 19.4 Å². The van der Waals surface area contributed by atoms with Crippen molar-refractivity contribution in [3.8, 4) is 0 Å². The number of hydrogen-bond donors (Lipinski definition) is 1. The Hall–Kier alpha value is -1.68. The smallest absolute Gasteiger partial charge is 0.231 e. The summed E-state index contributed by atoms with van der Waals surface area (Å²) in [4.78, 5) is 25.2. The topological polar surface area (TPSA) is 63.4 Å². The van der Waals surface area contributed by atoms with Crippen molar-refractivity contribution in [1.29, 1.82) is 0 Å². The summed E-state index contributed by atoms with van der Waals surface area (Å²) in [5, 5.41) is 0. The van der Waals surface area contributed by atoms with Crippen molar-refractivity contribution < 1.29 is 9.59 Å². The van der Waals surface area contributed by atoms with E-state index >= 15 is 0 Å². The molecule has 0 aliphatic rings. The van der Waals surface area contributed by atoms with Gasteiger partial charge in [-0.05, 0) is 24.4 Å². The predicted octanol–water partition coefficient (Wildman–Crippen LogP) is 2.58. The molecule has 0 bridgehead atoms. The second-order valence-electron chi connectivity index (χ2n) is 5.73. The minimum absolute atomic E-state index is 0.0302. The Labute approximate surface area is 127 Å². The fourth-order valence-corrected chi connectivity index (χ4v) is 2.16. The molecule has 4 nitrogen and oxygen atoms in total. The highest BCUT2D eigenvalue weighted by Gasteiger charge is 2.14. The zero-order valence-corrected chi connectivity index (χ0v) is 13.3. The number of ketones is 1. The first kappa shape index (κ1) is 17.4. The molecule has 116 valence electrons. The van der Waals surface area contributed by atoms with E-state index in [2.05, 4.69) is 20.8 Å². The molecule has 0 saturated carbocycles. The zero-order valence-electron chi connectivity index (χ0n) is 13.3. The Balaban J connectivity index is 2.69. The average Bonchev–Trinajstić information content (AvgIpc) is 2.44. The lowest BCUT2D eigenvalue weighted by molar-refractivity contribution is -0.119. The van der Waals surface area contributed by atoms with Crippen LogP contribution in [0.15, 0.2) is 24.3 Å². The summed E-state index contributed by atoms with van der Waals surface area (Å²) in [5.41, 5.74) is 7.14. The summed E-state index contributed by atoms with van der Waals surface area (Å²) in [6.45, 7) is 7.41. The molecular weight excluding hydrogens is 264 g/mol. The molecule has 1 aromatic carbocycles. The molecule has 4 heteroatoms. The SMILES string of the molecule is CCCCN(CC(N)=O)CC(=O)c1ccc(C(C)C)cc1. The monoisotopic (exact) mass is 290 g/mol. The van der Waals surface area contributed by atoms with Gasteiger partial charge in [0.2, 0.25) is 5.91 Å². The maximum atomic E-state index is 12.3. The Morgan fingerprint density at radius 2 is 1.76 bits per heavy atom. The number of primary amides is 1. The molecule has 2 N–H and O–H groups in total. The Kier molecular flexibility index (Phi) is 7.09. The van der Waals surface area contributed by atoms with Crippen molar-refractivity contribution >= 4 is 11.7 Å². The third-order valence-corrected chi connectivity index (χ3v) is 3.47. The molecule has 1 aromatic rings. The van der Waals surface area contributed by atoms with Gasteiger partial charge in [-0.3, -0.25) is 14.5 Å². The van der Waals surface area contributed by atoms with Gasteiger partial charge in [0.15, 0.2) is 5.78 Å². The lowest BCUT2D eigenvalue weighted by atomic mass is 10.0. The van der Waals surface area contributed by atoms with Crippen LogP contribution in [0.25, 0.3) is 0 Å². The van der Waals surface area contributed by atoms with Crippen LogP contribution in [-0.2, 0) is 4.79 Å². The molecule has 0 aromatic heterocycles. The predicted molar refractivity (Wildman–Crippen MR) is 85.4 cm³/mol. The van der Waals surface area contributed by atoms with Crippen LogP contribution in [0.2, 0.25) is 0 Å². The van der Waals surface area contributed by atoms with E-state index < -0.39 is 5.91 Å². The molecular formula is C17H26N2O2. The molecule has 21 heavy (non-hydrogen) atoms. The van der Waals surface area contributed by atoms with Gasteiger partial charge in [-0.1, -0.05) is 51.5 Å². The fraction of sp³-hybridized carbons (Fsp3) is 0.529. The number of nitrogens with zero attached hydrogens (tertiary/aromatic N) is 1. The van der Waals surface area contributed by atoms with E-state index in [0.29, 0.717) is 11.5 Å². The lowest BCUT2D eigenvalue weighted by Crippen LogP contribution is -2.38. The van der Waals surface area contributed by atoms with Gasteiger partial charge in [-0.25, -0.2) is 0 Å². The van der Waals surface area contributed by atoms with Crippen LogP contribution in [0.3, 0.4) is 0 Å². The van der Waals surface area contributed by atoms with Crippen molar-refractivity contribution in [2.45, 2.75) is 39.5 Å². The molecule has 0 aliphatic heterocycles. The van der Waals surface area contributed by atoms with Gasteiger partial charge in [-0.2, -0.15) is 0 Å². The van der Waals surface area contributed by atoms with Crippen LogP contribution in [-0.4, -0.2) is 36.2 Å². The normalized spacial score (nSPS) is 11.1. The molecule has 1 amide bonds. The lowest BCUT2D eigenvalue weighted by Gasteiger charge is -2.19. The summed E-state index contributed by atoms with van der Waals surface area (Å²) in [6.07, 6.45) is 1.97. The number of benzene rings is 1. The molecule has 0 atom stereocenters. The van der Waals surface area contributed by atoms with Gasteiger partial charge in [0, 0.05) is 5.56 Å². The van der Waals surface area contributed by atoms with Gasteiger partial charge in [0.25, 0.3) is 0 Å². The second-order valence-corrected chi connectivity index (χ2v) is 5.73. The quantitative estimate of drug-likeness (QED) is 0.711. The molecule has 0 fully saturated rings. The zero-order chi connectivity index (χ0) is 15.8. The van der Waals surface area contributed by atoms with Crippen molar-refractivity contribution in [2.75, 3.05) is 19.6 Å². The molecule has 0 aliphatic carbocycles. The molecule has 0 radical (unpaired) electrons. The van der Waals surface area contributed by atoms with Gasteiger partial charge in [-0.15, -0.1) is 0 Å². The van der Waals surface area contributed by atoms with E-state index in [1.165, 1.54) is 5.56 Å². The Morgan fingerprint density at radius 1 is 1.14 bits per heavy atom. The molecule has 0 heterocycles. The Morgan fingerprint density at radius 3 is 2.24 bits per heavy atom. The average molecular weight is 290 g/mol. The van der Waals surface area contributed by atoms with Gasteiger partial charge >= 0.3 is 0 Å². The molecule has 0 spiro atoms. The minimum Gasteiger partial charge on any atom is -0.369 e. The Bertz CT molecular complexity index is 466. The van der Waals surface area contributed by atoms with Crippen LogP contribution >= 0.6 is 0 Å². The number of carbonyl (C=O) groups is 2. The standard InChI is InChI=1S/C17H26N2O2/c1-4-5-10-19(12-17(18)21)11-16(20)15-8-6-14(7-9-15)13(2)3/h6-9,13H,4-5,10-12H2,1-3H3,(H2,18,21). The van der Waals surface area contributed by atoms with Gasteiger partial charge in [0.1, 0.15) is 0 Å². The van der Waals surface area contributed by atoms with Crippen LogP contribution in [0.4, 0.5) is 0 Å². The summed E-state index contributed by atoms with van der Waals surface area (Å²) < 4.78 is 0. The van der Waals surface area contributed by atoms with E-state index in [1.54, 1.807) is 0 Å². The first-order valence-electron chi connectivity index (χ1n) is 7.57. The van der Waals surface area contributed by atoms with Crippen LogP contribution in [0, 0.1) is 0 Å². The number of Topliss-reactive ketones (excluding diaryl/α,β-unsaturated/α-hetero) is 1. The van der Waals surface area contributed by atoms with Gasteiger partial charge in [0.05, 0.1) is 13.1 Å². The first-order valence-corrected chi connectivity index (χ1v) is 7.57. The highest BCUT2D eigenvalue weighted by atomic mass is 16.1.